The van der Waals surface area contributed by atoms with E-state index in [4.69, 9.17) is 21.1 Å². The number of halogens is 1. The van der Waals surface area contributed by atoms with Crippen molar-refractivity contribution >= 4 is 34.8 Å². The van der Waals surface area contributed by atoms with Crippen LogP contribution in [-0.4, -0.2) is 26.0 Å². The van der Waals surface area contributed by atoms with Crippen LogP contribution < -0.4 is 20.1 Å². The summed E-state index contributed by atoms with van der Waals surface area (Å²) in [7, 11) is 3.01. The molecular weight excluding hydrogens is 356 g/mol. The first-order valence-corrected chi connectivity index (χ1v) is 8.27. The van der Waals surface area contributed by atoms with Crippen LogP contribution in [-0.2, 0) is 9.59 Å². The molecule has 0 fully saturated rings. The quantitative estimate of drug-likeness (QED) is 0.748. The number of ether oxygens (including phenoxy) is 2. The molecule has 0 unspecified atom stereocenters. The van der Waals surface area contributed by atoms with Gasteiger partial charge in [0.05, 0.1) is 24.9 Å². The molecule has 0 spiro atoms. The lowest BCUT2D eigenvalue weighted by Gasteiger charge is -2.23. The number of para-hydroxylation sites is 2. The highest BCUT2D eigenvalue weighted by atomic mass is 35.5. The van der Waals surface area contributed by atoms with Gasteiger partial charge in [-0.15, -0.1) is 0 Å². The molecule has 0 bridgehead atoms. The van der Waals surface area contributed by atoms with Gasteiger partial charge in [-0.05, 0) is 44.2 Å². The van der Waals surface area contributed by atoms with Gasteiger partial charge in [-0.3, -0.25) is 9.59 Å². The maximum Gasteiger partial charge on any atom is 0.239 e. The van der Waals surface area contributed by atoms with Crippen molar-refractivity contribution in [3.8, 4) is 11.5 Å². The Kier molecular flexibility index (Phi) is 6.10. The molecular formula is C19H21ClN2O4. The maximum atomic E-state index is 12.6. The molecule has 0 radical (unpaired) electrons. The molecule has 0 aromatic heterocycles. The fraction of sp³-hybridized carbons (Fsp3) is 0.263. The standard InChI is InChI=1S/C19H21ClN2O4/c1-19(2,18(24)22-14-7-5-6-8-16(14)26-4)17(23)21-12-9-10-15(25-3)13(20)11-12/h5-11H,1-4H3,(H,21,23)(H,22,24). The first kappa shape index (κ1) is 19.6. The number of benzene rings is 2. The topological polar surface area (TPSA) is 76.7 Å². The Balaban J connectivity index is 2.13. The summed E-state index contributed by atoms with van der Waals surface area (Å²) in [4.78, 5) is 25.2. The van der Waals surface area contributed by atoms with Crippen molar-refractivity contribution in [2.24, 2.45) is 5.41 Å². The second kappa shape index (κ2) is 8.10. The Morgan fingerprint density at radius 1 is 0.923 bits per heavy atom. The largest absolute Gasteiger partial charge is 0.495 e. The van der Waals surface area contributed by atoms with Gasteiger partial charge in [-0.1, -0.05) is 23.7 Å². The number of rotatable bonds is 6. The van der Waals surface area contributed by atoms with E-state index >= 15 is 0 Å². The van der Waals surface area contributed by atoms with Crippen LogP contribution in [0.3, 0.4) is 0 Å². The minimum absolute atomic E-state index is 0.363. The van der Waals surface area contributed by atoms with Crippen LogP contribution in [0.5, 0.6) is 11.5 Å². The molecule has 0 saturated heterocycles. The highest BCUT2D eigenvalue weighted by Gasteiger charge is 2.36. The molecule has 0 aliphatic rings. The van der Waals surface area contributed by atoms with E-state index in [0.29, 0.717) is 27.9 Å². The highest BCUT2D eigenvalue weighted by molar-refractivity contribution is 6.32. The zero-order valence-electron chi connectivity index (χ0n) is 15.1. The Morgan fingerprint density at radius 2 is 1.54 bits per heavy atom. The first-order valence-electron chi connectivity index (χ1n) is 7.89. The lowest BCUT2D eigenvalue weighted by Crippen LogP contribution is -2.41. The minimum Gasteiger partial charge on any atom is -0.495 e. The summed E-state index contributed by atoms with van der Waals surface area (Å²) in [6.45, 7) is 3.08. The molecule has 0 saturated carbocycles. The van der Waals surface area contributed by atoms with Gasteiger partial charge in [0, 0.05) is 5.69 Å². The van der Waals surface area contributed by atoms with Crippen molar-refractivity contribution in [1.82, 2.24) is 0 Å². The van der Waals surface area contributed by atoms with Crippen LogP contribution >= 0.6 is 11.6 Å². The van der Waals surface area contributed by atoms with Crippen LogP contribution in [0, 0.1) is 5.41 Å². The maximum absolute atomic E-state index is 12.6. The lowest BCUT2D eigenvalue weighted by atomic mass is 9.90. The molecule has 6 nitrogen and oxygen atoms in total. The second-order valence-electron chi connectivity index (χ2n) is 6.08. The van der Waals surface area contributed by atoms with Crippen LogP contribution in [0.15, 0.2) is 42.5 Å². The highest BCUT2D eigenvalue weighted by Crippen LogP contribution is 2.30. The zero-order valence-corrected chi connectivity index (χ0v) is 15.8. The van der Waals surface area contributed by atoms with E-state index < -0.39 is 17.2 Å². The third-order valence-corrected chi connectivity index (χ3v) is 4.20. The van der Waals surface area contributed by atoms with Gasteiger partial charge in [0.2, 0.25) is 11.8 Å². The number of hydrogen-bond donors (Lipinski definition) is 2. The van der Waals surface area contributed by atoms with Crippen molar-refractivity contribution < 1.29 is 19.1 Å². The molecule has 0 aliphatic heterocycles. The molecule has 2 rings (SSSR count). The predicted octanol–water partition coefficient (Wildman–Crippen LogP) is 3.96. The Morgan fingerprint density at radius 3 is 2.15 bits per heavy atom. The van der Waals surface area contributed by atoms with Gasteiger partial charge in [0.1, 0.15) is 16.9 Å². The number of carbonyl (C=O) groups is 2. The number of carbonyl (C=O) groups excluding carboxylic acids is 2. The number of methoxy groups -OCH3 is 2. The van der Waals surface area contributed by atoms with Gasteiger partial charge >= 0.3 is 0 Å². The molecule has 0 heterocycles. The van der Waals surface area contributed by atoms with E-state index in [1.54, 1.807) is 42.5 Å². The summed E-state index contributed by atoms with van der Waals surface area (Å²) < 4.78 is 10.3. The van der Waals surface area contributed by atoms with E-state index in [2.05, 4.69) is 10.6 Å². The molecule has 2 amide bonds. The molecule has 0 atom stereocenters. The summed E-state index contributed by atoms with van der Waals surface area (Å²) in [5.74, 6) is 0.0853. The lowest BCUT2D eigenvalue weighted by molar-refractivity contribution is -0.135. The van der Waals surface area contributed by atoms with Crippen LogP contribution in [0.1, 0.15) is 13.8 Å². The number of nitrogens with one attached hydrogen (secondary N) is 2. The second-order valence-corrected chi connectivity index (χ2v) is 6.49. The van der Waals surface area contributed by atoms with Crippen molar-refractivity contribution in [2.75, 3.05) is 24.9 Å². The zero-order chi connectivity index (χ0) is 19.3. The van der Waals surface area contributed by atoms with Crippen LogP contribution in [0.4, 0.5) is 11.4 Å². The third-order valence-electron chi connectivity index (χ3n) is 3.90. The third kappa shape index (κ3) is 4.26. The normalized spacial score (nSPS) is 10.8. The van der Waals surface area contributed by atoms with Crippen molar-refractivity contribution in [1.29, 1.82) is 0 Å². The molecule has 26 heavy (non-hydrogen) atoms. The average molecular weight is 377 g/mol. The minimum atomic E-state index is -1.33. The van der Waals surface area contributed by atoms with Gasteiger partial charge in [-0.2, -0.15) is 0 Å². The first-order chi connectivity index (χ1) is 12.3. The Bertz CT molecular complexity index is 821. The van der Waals surface area contributed by atoms with E-state index in [0.717, 1.165) is 0 Å². The average Bonchev–Trinajstić information content (AvgIpc) is 2.62. The fourth-order valence-electron chi connectivity index (χ4n) is 2.16. The van der Waals surface area contributed by atoms with Crippen LogP contribution in [0.25, 0.3) is 0 Å². The van der Waals surface area contributed by atoms with Crippen LogP contribution in [0.2, 0.25) is 5.02 Å². The summed E-state index contributed by atoms with van der Waals surface area (Å²) in [6, 6.07) is 11.8. The SMILES string of the molecule is COc1ccc(NC(=O)C(C)(C)C(=O)Nc2ccccc2OC)cc1Cl. The van der Waals surface area contributed by atoms with Gasteiger partial charge in [0.25, 0.3) is 0 Å². The van der Waals surface area contributed by atoms with Crippen molar-refractivity contribution in [3.63, 3.8) is 0 Å². The van der Waals surface area contributed by atoms with E-state index in [9.17, 15) is 9.59 Å². The van der Waals surface area contributed by atoms with E-state index in [1.807, 2.05) is 0 Å². The summed E-state index contributed by atoms with van der Waals surface area (Å²) in [5.41, 5.74) is -0.361. The van der Waals surface area contributed by atoms with Crippen molar-refractivity contribution in [2.45, 2.75) is 13.8 Å². The van der Waals surface area contributed by atoms with Crippen molar-refractivity contribution in [3.05, 3.63) is 47.5 Å². The predicted molar refractivity (Wildman–Crippen MR) is 102 cm³/mol. The Hall–Kier alpha value is -2.73. The van der Waals surface area contributed by atoms with Gasteiger partial charge < -0.3 is 20.1 Å². The number of hydrogen-bond acceptors (Lipinski definition) is 4. The van der Waals surface area contributed by atoms with E-state index in [1.165, 1.54) is 28.1 Å². The summed E-state index contributed by atoms with van der Waals surface area (Å²) in [6.07, 6.45) is 0. The monoisotopic (exact) mass is 376 g/mol. The fourth-order valence-corrected chi connectivity index (χ4v) is 2.42. The van der Waals surface area contributed by atoms with Gasteiger partial charge in [0.15, 0.2) is 0 Å². The molecule has 138 valence electrons. The smallest absolute Gasteiger partial charge is 0.239 e. The number of amides is 2. The summed E-state index contributed by atoms with van der Waals surface area (Å²) >= 11 is 6.06. The molecule has 2 aromatic carbocycles. The molecule has 0 aliphatic carbocycles. The summed E-state index contributed by atoms with van der Waals surface area (Å²) in [5, 5.41) is 5.79. The number of anilines is 2. The van der Waals surface area contributed by atoms with E-state index in [-0.39, 0.29) is 0 Å². The Labute approximate surface area is 157 Å². The molecule has 2 aromatic rings. The van der Waals surface area contributed by atoms with Gasteiger partial charge in [-0.25, -0.2) is 0 Å². The molecule has 7 heteroatoms. The molecule has 2 N–H and O–H groups in total.